The quantitative estimate of drug-likeness (QED) is 0.415. The number of amides is 2. The van der Waals surface area contributed by atoms with Crippen molar-refractivity contribution in [2.24, 2.45) is 0 Å². The smallest absolute Gasteiger partial charge is 0.270 e. The van der Waals surface area contributed by atoms with E-state index in [2.05, 4.69) is 21.2 Å². The third-order valence-electron chi connectivity index (χ3n) is 4.92. The lowest BCUT2D eigenvalue weighted by atomic mass is 10.1. The van der Waals surface area contributed by atoms with E-state index in [0.29, 0.717) is 16.9 Å². The van der Waals surface area contributed by atoms with Gasteiger partial charge >= 0.3 is 0 Å². The van der Waals surface area contributed by atoms with Crippen LogP contribution in [-0.4, -0.2) is 30.0 Å². The third kappa shape index (κ3) is 3.95. The Kier molecular flexibility index (Phi) is 5.47. The summed E-state index contributed by atoms with van der Waals surface area (Å²) in [6, 6.07) is 11.7. The molecule has 2 fully saturated rings. The Balaban J connectivity index is 1.65. The predicted octanol–water partition coefficient (Wildman–Crippen LogP) is 4.02. The van der Waals surface area contributed by atoms with Crippen LogP contribution in [0.25, 0.3) is 6.08 Å². The summed E-state index contributed by atoms with van der Waals surface area (Å²) in [5, 5.41) is 2.54. The Bertz CT molecular complexity index is 1030. The number of benzene rings is 2. The highest BCUT2D eigenvalue weighted by atomic mass is 79.9. The lowest BCUT2D eigenvalue weighted by molar-refractivity contribution is -0.122. The molecule has 2 amide bonds. The minimum atomic E-state index is -0.600. The Morgan fingerprint density at radius 1 is 1.07 bits per heavy atom. The van der Waals surface area contributed by atoms with E-state index in [1.165, 1.54) is 17.0 Å². The van der Waals surface area contributed by atoms with Gasteiger partial charge < -0.3 is 4.90 Å². The topological polar surface area (TPSA) is 52.7 Å². The standard InChI is InChI=1S/C21H17BrFN3O2S/c22-14-4-6-15(7-5-14)26-20(28)16(19(27)24-21(26)29)11-13-3-8-18(17(23)12-13)25-9-1-2-10-25/h3-8,11-12H,1-2,9-10H2,(H,24,27,29). The van der Waals surface area contributed by atoms with Crippen molar-refractivity contribution < 1.29 is 14.0 Å². The Labute approximate surface area is 181 Å². The van der Waals surface area contributed by atoms with Crippen LogP contribution in [0.4, 0.5) is 15.8 Å². The van der Waals surface area contributed by atoms with Crippen LogP contribution in [0.5, 0.6) is 0 Å². The second-order valence-electron chi connectivity index (χ2n) is 6.84. The highest BCUT2D eigenvalue weighted by Gasteiger charge is 2.34. The molecular formula is C21H17BrFN3O2S. The molecule has 2 heterocycles. The van der Waals surface area contributed by atoms with E-state index in [0.717, 1.165) is 30.4 Å². The van der Waals surface area contributed by atoms with Gasteiger partial charge in [0.1, 0.15) is 11.4 Å². The molecule has 2 aliphatic heterocycles. The van der Waals surface area contributed by atoms with Crippen LogP contribution in [0.15, 0.2) is 52.5 Å². The summed E-state index contributed by atoms with van der Waals surface area (Å²) in [4.78, 5) is 28.6. The first kappa shape index (κ1) is 19.7. The zero-order valence-electron chi connectivity index (χ0n) is 15.3. The molecule has 1 N–H and O–H groups in total. The van der Waals surface area contributed by atoms with Crippen molar-refractivity contribution >= 4 is 62.5 Å². The van der Waals surface area contributed by atoms with Gasteiger partial charge in [0.05, 0.1) is 11.4 Å². The van der Waals surface area contributed by atoms with E-state index in [1.54, 1.807) is 36.4 Å². The number of rotatable bonds is 3. The van der Waals surface area contributed by atoms with E-state index in [4.69, 9.17) is 12.2 Å². The molecule has 2 saturated heterocycles. The molecule has 0 spiro atoms. The minimum absolute atomic E-state index is 0.00929. The molecule has 8 heteroatoms. The maximum absolute atomic E-state index is 14.6. The van der Waals surface area contributed by atoms with Crippen LogP contribution in [0.2, 0.25) is 0 Å². The average Bonchev–Trinajstić information content (AvgIpc) is 3.21. The summed E-state index contributed by atoms with van der Waals surface area (Å²) in [6.07, 6.45) is 3.49. The summed E-state index contributed by atoms with van der Waals surface area (Å²) in [6.45, 7) is 1.66. The number of nitrogens with one attached hydrogen (secondary N) is 1. The first-order valence-electron chi connectivity index (χ1n) is 9.15. The number of carbonyl (C=O) groups excluding carboxylic acids is 2. The SMILES string of the molecule is O=C1NC(=S)N(c2ccc(Br)cc2)C(=O)C1=Cc1ccc(N2CCCC2)c(F)c1. The lowest BCUT2D eigenvalue weighted by Gasteiger charge is -2.29. The molecule has 0 saturated carbocycles. The van der Waals surface area contributed by atoms with Gasteiger partial charge in [-0.05, 0) is 73.1 Å². The summed E-state index contributed by atoms with van der Waals surface area (Å²) in [5.41, 5.74) is 1.41. The molecular weight excluding hydrogens is 457 g/mol. The van der Waals surface area contributed by atoms with Crippen molar-refractivity contribution in [3.05, 3.63) is 63.9 Å². The van der Waals surface area contributed by atoms with Crippen LogP contribution < -0.4 is 15.1 Å². The van der Waals surface area contributed by atoms with Gasteiger partial charge in [-0.2, -0.15) is 0 Å². The summed E-state index contributed by atoms with van der Waals surface area (Å²) >= 11 is 8.53. The maximum atomic E-state index is 14.6. The maximum Gasteiger partial charge on any atom is 0.270 e. The van der Waals surface area contributed by atoms with Crippen LogP contribution in [0, 0.1) is 5.82 Å². The normalized spacial score (nSPS) is 18.6. The van der Waals surface area contributed by atoms with Crippen LogP contribution in [0.3, 0.4) is 0 Å². The van der Waals surface area contributed by atoms with Crippen molar-refractivity contribution in [3.63, 3.8) is 0 Å². The van der Waals surface area contributed by atoms with E-state index < -0.39 is 11.8 Å². The number of halogens is 2. The fourth-order valence-electron chi connectivity index (χ4n) is 3.48. The molecule has 0 radical (unpaired) electrons. The van der Waals surface area contributed by atoms with Crippen molar-refractivity contribution in [1.29, 1.82) is 0 Å². The van der Waals surface area contributed by atoms with E-state index in [9.17, 15) is 14.0 Å². The number of hydrogen-bond acceptors (Lipinski definition) is 4. The summed E-state index contributed by atoms with van der Waals surface area (Å²) in [7, 11) is 0. The molecule has 0 atom stereocenters. The van der Waals surface area contributed by atoms with Gasteiger partial charge in [0.25, 0.3) is 11.8 Å². The molecule has 5 nitrogen and oxygen atoms in total. The molecule has 2 aliphatic rings. The van der Waals surface area contributed by atoms with E-state index >= 15 is 0 Å². The van der Waals surface area contributed by atoms with Gasteiger partial charge in [0.15, 0.2) is 5.11 Å². The second kappa shape index (κ2) is 8.04. The molecule has 0 bridgehead atoms. The zero-order chi connectivity index (χ0) is 20.5. The first-order valence-corrected chi connectivity index (χ1v) is 10.4. The summed E-state index contributed by atoms with van der Waals surface area (Å²) in [5.74, 6) is -1.52. The van der Waals surface area contributed by atoms with E-state index in [1.807, 2.05) is 4.90 Å². The number of hydrogen-bond donors (Lipinski definition) is 1. The number of thiocarbonyl (C=S) groups is 1. The predicted molar refractivity (Wildman–Crippen MR) is 118 cm³/mol. The van der Waals surface area contributed by atoms with Crippen molar-refractivity contribution in [1.82, 2.24) is 5.32 Å². The molecule has 2 aromatic carbocycles. The van der Waals surface area contributed by atoms with E-state index in [-0.39, 0.29) is 16.5 Å². The molecule has 29 heavy (non-hydrogen) atoms. The molecule has 0 unspecified atom stereocenters. The van der Waals surface area contributed by atoms with Gasteiger partial charge in [-0.3, -0.25) is 19.8 Å². The fourth-order valence-corrected chi connectivity index (χ4v) is 4.02. The number of nitrogens with zero attached hydrogens (tertiary/aromatic N) is 2. The van der Waals surface area contributed by atoms with Gasteiger partial charge in [-0.15, -0.1) is 0 Å². The first-order chi connectivity index (χ1) is 13.9. The largest absolute Gasteiger partial charge is 0.369 e. The highest BCUT2D eigenvalue weighted by Crippen LogP contribution is 2.27. The van der Waals surface area contributed by atoms with Gasteiger partial charge in [0, 0.05) is 17.6 Å². The molecule has 2 aromatic rings. The van der Waals surface area contributed by atoms with Crippen LogP contribution in [0.1, 0.15) is 18.4 Å². The number of carbonyl (C=O) groups is 2. The lowest BCUT2D eigenvalue weighted by Crippen LogP contribution is -2.54. The monoisotopic (exact) mass is 473 g/mol. The van der Waals surface area contributed by atoms with Gasteiger partial charge in [-0.25, -0.2) is 4.39 Å². The van der Waals surface area contributed by atoms with Crippen LogP contribution in [-0.2, 0) is 9.59 Å². The average molecular weight is 474 g/mol. The third-order valence-corrected chi connectivity index (χ3v) is 5.73. The second-order valence-corrected chi connectivity index (χ2v) is 8.14. The molecule has 0 aliphatic carbocycles. The van der Waals surface area contributed by atoms with Crippen molar-refractivity contribution in [2.45, 2.75) is 12.8 Å². The number of anilines is 2. The summed E-state index contributed by atoms with van der Waals surface area (Å²) < 4.78 is 15.5. The van der Waals surface area contributed by atoms with Gasteiger partial charge in [-0.1, -0.05) is 22.0 Å². The minimum Gasteiger partial charge on any atom is -0.369 e. The highest BCUT2D eigenvalue weighted by molar-refractivity contribution is 9.10. The van der Waals surface area contributed by atoms with Crippen molar-refractivity contribution in [3.8, 4) is 0 Å². The molecule has 4 rings (SSSR count). The Morgan fingerprint density at radius 3 is 2.41 bits per heavy atom. The fraction of sp³-hybridized carbons (Fsp3) is 0.190. The Hall–Kier alpha value is -2.58. The van der Waals surface area contributed by atoms with Crippen LogP contribution >= 0.6 is 28.1 Å². The van der Waals surface area contributed by atoms with Crippen molar-refractivity contribution in [2.75, 3.05) is 22.9 Å². The molecule has 0 aromatic heterocycles. The van der Waals surface area contributed by atoms with Gasteiger partial charge in [0.2, 0.25) is 0 Å². The zero-order valence-corrected chi connectivity index (χ0v) is 17.7. The molecule has 148 valence electrons. The Morgan fingerprint density at radius 2 is 1.76 bits per heavy atom.